The molecule has 1 aromatic carbocycles. The smallest absolute Gasteiger partial charge is 0.313 e. The summed E-state index contributed by atoms with van der Waals surface area (Å²) < 4.78 is 28.1. The Hall–Kier alpha value is -2.28. The van der Waals surface area contributed by atoms with E-state index in [1.165, 1.54) is 4.68 Å². The van der Waals surface area contributed by atoms with Gasteiger partial charge in [-0.05, 0) is 19.1 Å². The quantitative estimate of drug-likeness (QED) is 0.497. The first kappa shape index (κ1) is 15.1. The van der Waals surface area contributed by atoms with E-state index in [2.05, 4.69) is 15.1 Å². The number of oxime groups is 1. The molecule has 0 fully saturated rings. The Labute approximate surface area is 123 Å². The van der Waals surface area contributed by atoms with E-state index >= 15 is 0 Å². The fourth-order valence-corrected chi connectivity index (χ4v) is 1.88. The summed E-state index contributed by atoms with van der Waals surface area (Å²) in [6, 6.07) is 3.04. The molecule has 0 unspecified atom stereocenters. The van der Waals surface area contributed by atoms with Gasteiger partial charge in [-0.25, -0.2) is 13.6 Å². The predicted octanol–water partition coefficient (Wildman–Crippen LogP) is 2.85. The minimum absolute atomic E-state index is 0.296. The molecule has 0 radical (unpaired) electrons. The van der Waals surface area contributed by atoms with Crippen LogP contribution >= 0.6 is 11.6 Å². The fourth-order valence-electron chi connectivity index (χ4n) is 1.66. The van der Waals surface area contributed by atoms with Crippen LogP contribution < -0.4 is 0 Å². The zero-order chi connectivity index (χ0) is 15.6. The van der Waals surface area contributed by atoms with Crippen LogP contribution in [0, 0.1) is 18.6 Å². The van der Waals surface area contributed by atoms with Crippen LogP contribution in [-0.2, 0) is 11.9 Å². The van der Waals surface area contributed by atoms with Gasteiger partial charge in [-0.15, -0.1) is 0 Å². The summed E-state index contributed by atoms with van der Waals surface area (Å²) in [5.74, 6) is -3.28. The molecule has 0 N–H and O–H groups in total. The van der Waals surface area contributed by atoms with Crippen molar-refractivity contribution in [3.05, 3.63) is 51.8 Å². The number of rotatable bonds is 3. The molecule has 21 heavy (non-hydrogen) atoms. The molecule has 0 aliphatic heterocycles. The Balaban J connectivity index is 2.16. The van der Waals surface area contributed by atoms with Crippen LogP contribution in [0.1, 0.15) is 21.6 Å². The zero-order valence-corrected chi connectivity index (χ0v) is 11.9. The van der Waals surface area contributed by atoms with Crippen LogP contribution in [0.25, 0.3) is 0 Å². The number of carbonyl (C=O) groups excluding carboxylic acids is 1. The Morgan fingerprint density at radius 2 is 2.05 bits per heavy atom. The average Bonchev–Trinajstić information content (AvgIpc) is 2.65. The molecule has 0 saturated heterocycles. The van der Waals surface area contributed by atoms with Crippen LogP contribution in [0.3, 0.4) is 0 Å². The topological polar surface area (TPSA) is 56.5 Å². The average molecular weight is 314 g/mol. The summed E-state index contributed by atoms with van der Waals surface area (Å²) in [7, 11) is 1.63. The molecule has 0 spiro atoms. The maximum atomic E-state index is 13.4. The van der Waals surface area contributed by atoms with Crippen molar-refractivity contribution in [2.24, 2.45) is 12.2 Å². The third-order valence-electron chi connectivity index (χ3n) is 2.68. The number of nitrogens with zero attached hydrogens (tertiary/aromatic N) is 3. The molecule has 0 bridgehead atoms. The van der Waals surface area contributed by atoms with Gasteiger partial charge in [0.15, 0.2) is 0 Å². The number of aromatic nitrogens is 2. The van der Waals surface area contributed by atoms with Crippen molar-refractivity contribution < 1.29 is 18.4 Å². The first-order valence-electron chi connectivity index (χ1n) is 5.79. The van der Waals surface area contributed by atoms with Gasteiger partial charge >= 0.3 is 5.97 Å². The first-order chi connectivity index (χ1) is 9.91. The molecule has 0 aliphatic carbocycles. The van der Waals surface area contributed by atoms with Crippen LogP contribution in [0.4, 0.5) is 8.78 Å². The molecular formula is C13H10ClF2N3O2. The lowest BCUT2D eigenvalue weighted by molar-refractivity contribution is 0.0508. The van der Waals surface area contributed by atoms with Gasteiger partial charge in [-0.3, -0.25) is 4.68 Å². The highest BCUT2D eigenvalue weighted by Crippen LogP contribution is 2.17. The molecule has 0 amide bonds. The van der Waals surface area contributed by atoms with Gasteiger partial charge in [0.25, 0.3) is 0 Å². The van der Waals surface area contributed by atoms with E-state index in [9.17, 15) is 13.6 Å². The Bertz CT molecular complexity index is 708. The van der Waals surface area contributed by atoms with Crippen molar-refractivity contribution in [3.8, 4) is 0 Å². The van der Waals surface area contributed by atoms with Crippen molar-refractivity contribution in [1.82, 2.24) is 9.78 Å². The zero-order valence-electron chi connectivity index (χ0n) is 11.1. The van der Waals surface area contributed by atoms with E-state index in [1.54, 1.807) is 14.0 Å². The van der Waals surface area contributed by atoms with E-state index in [0.29, 0.717) is 16.4 Å². The molecular weight excluding hydrogens is 304 g/mol. The second-order valence-corrected chi connectivity index (χ2v) is 4.48. The lowest BCUT2D eigenvalue weighted by Crippen LogP contribution is -2.07. The molecule has 0 atom stereocenters. The van der Waals surface area contributed by atoms with Gasteiger partial charge in [-0.2, -0.15) is 5.10 Å². The molecule has 0 saturated carbocycles. The maximum Gasteiger partial charge on any atom is 0.371 e. The number of carbonyl (C=O) groups is 1. The van der Waals surface area contributed by atoms with E-state index in [0.717, 1.165) is 24.4 Å². The lowest BCUT2D eigenvalue weighted by Gasteiger charge is -2.00. The third kappa shape index (κ3) is 3.08. The summed E-state index contributed by atoms with van der Waals surface area (Å²) in [4.78, 5) is 16.0. The molecule has 2 rings (SSSR count). The van der Waals surface area contributed by atoms with Crippen molar-refractivity contribution in [2.75, 3.05) is 0 Å². The normalized spacial score (nSPS) is 11.1. The van der Waals surface area contributed by atoms with Gasteiger partial charge in [0.1, 0.15) is 22.4 Å². The van der Waals surface area contributed by atoms with Gasteiger partial charge < -0.3 is 4.84 Å². The fraction of sp³-hybridized carbons (Fsp3) is 0.154. The van der Waals surface area contributed by atoms with Crippen molar-refractivity contribution in [2.45, 2.75) is 6.92 Å². The second-order valence-electron chi connectivity index (χ2n) is 4.12. The van der Waals surface area contributed by atoms with Crippen molar-refractivity contribution >= 4 is 23.8 Å². The standard InChI is InChI=1S/C13H10ClF2N3O2/c1-7-8(12(14)19(2)18-7)6-17-21-13(20)11-9(15)4-3-5-10(11)16/h3-6H,1-2H3/b17-6+. The van der Waals surface area contributed by atoms with E-state index in [1.807, 2.05) is 0 Å². The largest absolute Gasteiger partial charge is 0.371 e. The van der Waals surface area contributed by atoms with Gasteiger partial charge in [0.2, 0.25) is 0 Å². The summed E-state index contributed by atoms with van der Waals surface area (Å²) in [5, 5.41) is 7.71. The highest BCUT2D eigenvalue weighted by Gasteiger charge is 2.18. The minimum Gasteiger partial charge on any atom is -0.313 e. The molecule has 8 heteroatoms. The predicted molar refractivity (Wildman–Crippen MR) is 72.3 cm³/mol. The summed E-state index contributed by atoms with van der Waals surface area (Å²) in [5.41, 5.74) is 0.212. The Morgan fingerprint density at radius 1 is 1.43 bits per heavy atom. The molecule has 0 aliphatic rings. The number of hydrogen-bond donors (Lipinski definition) is 0. The molecule has 2 aromatic rings. The van der Waals surface area contributed by atoms with E-state index < -0.39 is 23.2 Å². The SMILES string of the molecule is Cc1nn(C)c(Cl)c1/C=N/OC(=O)c1c(F)cccc1F. The lowest BCUT2D eigenvalue weighted by atomic mass is 10.2. The third-order valence-corrected chi connectivity index (χ3v) is 3.13. The highest BCUT2D eigenvalue weighted by molar-refractivity contribution is 6.32. The van der Waals surface area contributed by atoms with Crippen molar-refractivity contribution in [1.29, 1.82) is 0 Å². The Morgan fingerprint density at radius 3 is 2.57 bits per heavy atom. The second kappa shape index (κ2) is 6.01. The van der Waals surface area contributed by atoms with Crippen LogP contribution in [0.15, 0.2) is 23.4 Å². The van der Waals surface area contributed by atoms with Crippen LogP contribution in [-0.4, -0.2) is 22.0 Å². The van der Waals surface area contributed by atoms with E-state index in [4.69, 9.17) is 11.6 Å². The molecule has 1 heterocycles. The number of aryl methyl sites for hydroxylation is 2. The first-order valence-corrected chi connectivity index (χ1v) is 6.17. The van der Waals surface area contributed by atoms with E-state index in [-0.39, 0.29) is 0 Å². The number of benzene rings is 1. The molecule has 1 aromatic heterocycles. The Kier molecular flexibility index (Phi) is 4.32. The number of hydrogen-bond acceptors (Lipinski definition) is 4. The summed E-state index contributed by atoms with van der Waals surface area (Å²) in [6.45, 7) is 1.69. The monoisotopic (exact) mass is 313 g/mol. The van der Waals surface area contributed by atoms with Crippen molar-refractivity contribution in [3.63, 3.8) is 0 Å². The van der Waals surface area contributed by atoms with Gasteiger partial charge in [-0.1, -0.05) is 22.8 Å². The minimum atomic E-state index is -1.24. The molecule has 110 valence electrons. The van der Waals surface area contributed by atoms with Gasteiger partial charge in [0.05, 0.1) is 17.5 Å². The summed E-state index contributed by atoms with van der Waals surface area (Å²) >= 11 is 5.95. The van der Waals surface area contributed by atoms with Crippen LogP contribution in [0.5, 0.6) is 0 Å². The highest BCUT2D eigenvalue weighted by atomic mass is 35.5. The van der Waals surface area contributed by atoms with Crippen LogP contribution in [0.2, 0.25) is 5.15 Å². The number of halogens is 3. The van der Waals surface area contributed by atoms with Gasteiger partial charge in [0, 0.05) is 7.05 Å². The maximum absolute atomic E-state index is 13.4. The molecule has 5 nitrogen and oxygen atoms in total. The summed E-state index contributed by atoms with van der Waals surface area (Å²) in [6.07, 6.45) is 1.15.